The van der Waals surface area contributed by atoms with Gasteiger partial charge in [0.1, 0.15) is 17.9 Å². The fourth-order valence-corrected chi connectivity index (χ4v) is 4.27. The first kappa shape index (κ1) is 31.4. The van der Waals surface area contributed by atoms with Crippen molar-refractivity contribution in [3.63, 3.8) is 0 Å². The first-order valence-corrected chi connectivity index (χ1v) is 14.1. The number of hydrogen-bond acceptors (Lipinski definition) is 7. The molecule has 0 spiro atoms. The summed E-state index contributed by atoms with van der Waals surface area (Å²) in [6.07, 6.45) is 5.03. The third kappa shape index (κ3) is 9.78. The predicted octanol–water partition coefficient (Wildman–Crippen LogP) is 7.13. The highest BCUT2D eigenvalue weighted by Crippen LogP contribution is 2.27. The number of benzene rings is 2. The first-order chi connectivity index (χ1) is 19.7. The molecule has 0 atom stereocenters. The van der Waals surface area contributed by atoms with Crippen LogP contribution in [0.2, 0.25) is 0 Å². The topological polar surface area (TPSA) is 92.0 Å². The van der Waals surface area contributed by atoms with Gasteiger partial charge in [-0.1, -0.05) is 32.2 Å². The fourth-order valence-electron chi connectivity index (χ4n) is 4.27. The lowest BCUT2D eigenvalue weighted by atomic mass is 9.95. The Balaban J connectivity index is 1.80. The van der Waals surface area contributed by atoms with Crippen molar-refractivity contribution >= 4 is 22.9 Å². The van der Waals surface area contributed by atoms with E-state index in [4.69, 9.17) is 18.6 Å². The SMILES string of the molecule is C=C(C)COc1ccc(-c2cc3cc(CCCCOC(=O)CC)c(CCCCOC(=O)C(=C)C)cc3oc2=O)cc1. The zero-order chi connectivity index (χ0) is 29.8. The van der Waals surface area contributed by atoms with Crippen molar-refractivity contribution in [3.05, 3.63) is 88.3 Å². The van der Waals surface area contributed by atoms with Crippen LogP contribution < -0.4 is 10.4 Å². The zero-order valence-corrected chi connectivity index (χ0v) is 24.4. The summed E-state index contributed by atoms with van der Waals surface area (Å²) in [5.41, 5.74) is 4.90. The van der Waals surface area contributed by atoms with Crippen LogP contribution in [-0.2, 0) is 31.9 Å². The Morgan fingerprint density at radius 3 is 2.10 bits per heavy atom. The quantitative estimate of drug-likeness (QED) is 0.0605. The third-order valence-corrected chi connectivity index (χ3v) is 6.52. The molecule has 1 heterocycles. The van der Waals surface area contributed by atoms with Gasteiger partial charge < -0.3 is 18.6 Å². The monoisotopic (exact) mass is 560 g/mol. The molecule has 0 aliphatic rings. The third-order valence-electron chi connectivity index (χ3n) is 6.52. The molecule has 0 bridgehead atoms. The van der Waals surface area contributed by atoms with Crippen LogP contribution in [0, 0.1) is 0 Å². The molecule has 41 heavy (non-hydrogen) atoms. The maximum Gasteiger partial charge on any atom is 0.344 e. The van der Waals surface area contributed by atoms with E-state index in [-0.39, 0.29) is 11.9 Å². The number of rotatable bonds is 16. The van der Waals surface area contributed by atoms with Gasteiger partial charge in [0, 0.05) is 17.4 Å². The number of aryl methyl sites for hydroxylation is 2. The van der Waals surface area contributed by atoms with Crippen molar-refractivity contribution in [3.8, 4) is 16.9 Å². The van der Waals surface area contributed by atoms with Gasteiger partial charge in [-0.3, -0.25) is 4.79 Å². The highest BCUT2D eigenvalue weighted by atomic mass is 16.5. The number of esters is 2. The number of hydrogen-bond donors (Lipinski definition) is 0. The molecule has 1 aromatic heterocycles. The molecule has 0 aliphatic carbocycles. The number of carbonyl (C=O) groups is 2. The van der Waals surface area contributed by atoms with Crippen molar-refractivity contribution in [1.82, 2.24) is 0 Å². The molecule has 7 nitrogen and oxygen atoms in total. The van der Waals surface area contributed by atoms with E-state index in [2.05, 4.69) is 19.2 Å². The van der Waals surface area contributed by atoms with E-state index < -0.39 is 5.63 Å². The molecular formula is C34H40O7. The van der Waals surface area contributed by atoms with Gasteiger partial charge >= 0.3 is 17.6 Å². The second-order valence-electron chi connectivity index (χ2n) is 10.3. The Morgan fingerprint density at radius 1 is 0.854 bits per heavy atom. The normalized spacial score (nSPS) is 10.8. The maximum atomic E-state index is 13.0. The molecule has 0 radical (unpaired) electrons. The van der Waals surface area contributed by atoms with Crippen LogP contribution in [0.5, 0.6) is 5.75 Å². The zero-order valence-electron chi connectivity index (χ0n) is 24.4. The van der Waals surface area contributed by atoms with Crippen LogP contribution in [0.15, 0.2) is 76.0 Å². The summed E-state index contributed by atoms with van der Waals surface area (Å²) in [4.78, 5) is 36.0. The number of fused-ring (bicyclic) bond motifs is 1. The summed E-state index contributed by atoms with van der Waals surface area (Å²) in [5.74, 6) is 0.126. The minimum atomic E-state index is -0.406. The molecule has 0 saturated heterocycles. The summed E-state index contributed by atoms with van der Waals surface area (Å²) >= 11 is 0. The highest BCUT2D eigenvalue weighted by molar-refractivity contribution is 5.87. The molecule has 7 heteroatoms. The molecular weight excluding hydrogens is 520 g/mol. The Morgan fingerprint density at radius 2 is 1.49 bits per heavy atom. The lowest BCUT2D eigenvalue weighted by molar-refractivity contribution is -0.143. The van der Waals surface area contributed by atoms with E-state index in [1.165, 1.54) is 0 Å². The molecule has 218 valence electrons. The lowest BCUT2D eigenvalue weighted by Crippen LogP contribution is -2.07. The summed E-state index contributed by atoms with van der Waals surface area (Å²) in [6.45, 7) is 13.9. The summed E-state index contributed by atoms with van der Waals surface area (Å²) in [7, 11) is 0. The maximum absolute atomic E-state index is 13.0. The van der Waals surface area contributed by atoms with Crippen LogP contribution >= 0.6 is 0 Å². The Labute approximate surface area is 241 Å². The van der Waals surface area contributed by atoms with E-state index in [0.717, 1.165) is 59.8 Å². The molecule has 0 fully saturated rings. The standard InChI is InChI=1S/C34H40O7/c1-6-32(35)38-17-9-7-11-26-19-28-20-30(25-13-15-29(16-14-25)40-22-23(2)3)34(37)41-31(28)21-27(26)12-8-10-18-39-33(36)24(4)5/h13-16,19-21H,2,4,6-12,17-18,22H2,1,3,5H3. The number of unbranched alkanes of at least 4 members (excludes halogenated alkanes) is 2. The Hall–Kier alpha value is -4.13. The molecule has 2 aromatic carbocycles. The minimum Gasteiger partial charge on any atom is -0.489 e. The van der Waals surface area contributed by atoms with Crippen LogP contribution in [0.4, 0.5) is 0 Å². The first-order valence-electron chi connectivity index (χ1n) is 14.1. The fraction of sp³-hybridized carbons (Fsp3) is 0.382. The van der Waals surface area contributed by atoms with E-state index in [1.807, 2.05) is 43.3 Å². The van der Waals surface area contributed by atoms with Gasteiger partial charge in [-0.05, 0) is 105 Å². The smallest absolute Gasteiger partial charge is 0.344 e. The van der Waals surface area contributed by atoms with Crippen molar-refractivity contribution in [2.45, 2.75) is 65.7 Å². The average Bonchev–Trinajstić information content (AvgIpc) is 2.95. The van der Waals surface area contributed by atoms with Crippen molar-refractivity contribution < 1.29 is 28.2 Å². The van der Waals surface area contributed by atoms with Crippen molar-refractivity contribution in [1.29, 1.82) is 0 Å². The van der Waals surface area contributed by atoms with Gasteiger partial charge in [0.25, 0.3) is 0 Å². The second-order valence-corrected chi connectivity index (χ2v) is 10.3. The molecule has 0 saturated carbocycles. The summed E-state index contributed by atoms with van der Waals surface area (Å²) < 4.78 is 21.9. The average molecular weight is 561 g/mol. The van der Waals surface area contributed by atoms with Gasteiger partial charge in [-0.2, -0.15) is 0 Å². The molecule has 3 rings (SSSR count). The van der Waals surface area contributed by atoms with E-state index >= 15 is 0 Å². The molecule has 0 N–H and O–H groups in total. The molecule has 0 unspecified atom stereocenters. The highest BCUT2D eigenvalue weighted by Gasteiger charge is 2.13. The summed E-state index contributed by atoms with van der Waals surface area (Å²) in [5, 5.41) is 0.841. The molecule has 3 aromatic rings. The van der Waals surface area contributed by atoms with Crippen LogP contribution in [0.1, 0.15) is 64.0 Å². The van der Waals surface area contributed by atoms with Crippen LogP contribution in [-0.4, -0.2) is 31.8 Å². The van der Waals surface area contributed by atoms with Crippen LogP contribution in [0.25, 0.3) is 22.1 Å². The second kappa shape index (κ2) is 15.6. The molecule has 0 aliphatic heterocycles. The van der Waals surface area contributed by atoms with Gasteiger partial charge in [0.15, 0.2) is 0 Å². The van der Waals surface area contributed by atoms with E-state index in [9.17, 15) is 14.4 Å². The Bertz CT molecular complexity index is 1430. The van der Waals surface area contributed by atoms with Gasteiger partial charge in [-0.25, -0.2) is 9.59 Å². The predicted molar refractivity (Wildman–Crippen MR) is 161 cm³/mol. The van der Waals surface area contributed by atoms with E-state index in [1.54, 1.807) is 13.8 Å². The van der Waals surface area contributed by atoms with Gasteiger partial charge in [0.2, 0.25) is 0 Å². The Kier molecular flexibility index (Phi) is 11.9. The summed E-state index contributed by atoms with van der Waals surface area (Å²) in [6, 6.07) is 13.3. The van der Waals surface area contributed by atoms with Crippen molar-refractivity contribution in [2.75, 3.05) is 19.8 Å². The largest absolute Gasteiger partial charge is 0.489 e. The molecule has 0 amide bonds. The van der Waals surface area contributed by atoms with Gasteiger partial charge in [0.05, 0.1) is 18.8 Å². The van der Waals surface area contributed by atoms with E-state index in [0.29, 0.717) is 55.1 Å². The van der Waals surface area contributed by atoms with Crippen LogP contribution in [0.3, 0.4) is 0 Å². The lowest BCUT2D eigenvalue weighted by Gasteiger charge is -2.13. The number of carbonyl (C=O) groups excluding carboxylic acids is 2. The van der Waals surface area contributed by atoms with Gasteiger partial charge in [-0.15, -0.1) is 0 Å². The minimum absolute atomic E-state index is 0.193. The van der Waals surface area contributed by atoms with Crippen molar-refractivity contribution in [2.24, 2.45) is 0 Å². The number of ether oxygens (including phenoxy) is 3.